The van der Waals surface area contributed by atoms with Crippen molar-refractivity contribution in [3.05, 3.63) is 11.1 Å². The molecular formula is C11H16N2O3S. The van der Waals surface area contributed by atoms with Crippen molar-refractivity contribution in [2.45, 2.75) is 19.3 Å². The third-order valence-electron chi connectivity index (χ3n) is 2.52. The molecule has 0 radical (unpaired) electrons. The van der Waals surface area contributed by atoms with Crippen molar-refractivity contribution in [3.63, 3.8) is 0 Å². The van der Waals surface area contributed by atoms with Gasteiger partial charge in [-0.1, -0.05) is 0 Å². The number of nitrogens with one attached hydrogen (secondary N) is 1. The first-order valence-corrected chi connectivity index (χ1v) is 6.64. The summed E-state index contributed by atoms with van der Waals surface area (Å²) >= 11 is 1.31. The average molecular weight is 256 g/mol. The summed E-state index contributed by atoms with van der Waals surface area (Å²) < 4.78 is 5.49. The van der Waals surface area contributed by atoms with E-state index in [9.17, 15) is 4.79 Å². The minimum absolute atomic E-state index is 0.0995. The fourth-order valence-electron chi connectivity index (χ4n) is 1.36. The highest BCUT2D eigenvalue weighted by molar-refractivity contribution is 7.13. The van der Waals surface area contributed by atoms with Crippen molar-refractivity contribution < 1.29 is 14.6 Å². The van der Waals surface area contributed by atoms with Crippen LogP contribution in [0.4, 0.5) is 5.13 Å². The third-order valence-corrected chi connectivity index (χ3v) is 3.32. The van der Waals surface area contributed by atoms with Crippen LogP contribution in [0, 0.1) is 5.92 Å². The standard InChI is InChI=1S/C11H16N2O3S/c14-10(15)9-7-17-11(13-9)12-4-1-5-16-6-8-2-3-8/h7-8H,1-6H2,(H,12,13)(H,14,15). The van der Waals surface area contributed by atoms with Gasteiger partial charge in [-0.2, -0.15) is 0 Å². The monoisotopic (exact) mass is 256 g/mol. The van der Waals surface area contributed by atoms with Gasteiger partial charge in [-0.3, -0.25) is 0 Å². The number of hydrogen-bond acceptors (Lipinski definition) is 5. The van der Waals surface area contributed by atoms with Crippen LogP contribution in [0.2, 0.25) is 0 Å². The highest BCUT2D eigenvalue weighted by atomic mass is 32.1. The Labute approximate surface area is 104 Å². The lowest BCUT2D eigenvalue weighted by Crippen LogP contribution is -2.07. The van der Waals surface area contributed by atoms with Gasteiger partial charge in [-0.25, -0.2) is 9.78 Å². The molecule has 0 bridgehead atoms. The van der Waals surface area contributed by atoms with Crippen molar-refractivity contribution in [1.29, 1.82) is 0 Å². The first-order chi connectivity index (χ1) is 8.25. The zero-order chi connectivity index (χ0) is 12.1. The maximum atomic E-state index is 10.6. The van der Waals surface area contributed by atoms with Crippen molar-refractivity contribution in [3.8, 4) is 0 Å². The molecule has 0 saturated heterocycles. The minimum Gasteiger partial charge on any atom is -0.476 e. The second-order valence-corrected chi connectivity index (χ2v) is 5.00. The Morgan fingerprint density at radius 3 is 3.12 bits per heavy atom. The molecule has 1 aliphatic rings. The molecule has 0 aliphatic heterocycles. The summed E-state index contributed by atoms with van der Waals surface area (Å²) in [5.41, 5.74) is 0.0995. The summed E-state index contributed by atoms with van der Waals surface area (Å²) in [5, 5.41) is 14.0. The van der Waals surface area contributed by atoms with Crippen LogP contribution < -0.4 is 5.32 Å². The van der Waals surface area contributed by atoms with Crippen molar-refractivity contribution in [1.82, 2.24) is 4.98 Å². The molecule has 2 rings (SSSR count). The van der Waals surface area contributed by atoms with Gasteiger partial charge in [0.15, 0.2) is 10.8 Å². The Bertz CT molecular complexity index is 377. The highest BCUT2D eigenvalue weighted by Crippen LogP contribution is 2.28. The maximum absolute atomic E-state index is 10.6. The number of aromatic carboxylic acids is 1. The average Bonchev–Trinajstić information content (AvgIpc) is 3.00. The third kappa shape index (κ3) is 4.32. The summed E-state index contributed by atoms with van der Waals surface area (Å²) in [4.78, 5) is 14.5. The molecule has 1 fully saturated rings. The zero-order valence-corrected chi connectivity index (χ0v) is 10.3. The molecule has 1 aliphatic carbocycles. The number of ether oxygens (including phenoxy) is 1. The van der Waals surface area contributed by atoms with Crippen molar-refractivity contribution >= 4 is 22.4 Å². The number of hydrogen-bond donors (Lipinski definition) is 2. The van der Waals surface area contributed by atoms with E-state index in [0.29, 0.717) is 5.13 Å². The topological polar surface area (TPSA) is 71.5 Å². The number of rotatable bonds is 8. The summed E-state index contributed by atoms with van der Waals surface area (Å²) in [6, 6.07) is 0. The molecule has 0 spiro atoms. The van der Waals surface area contributed by atoms with E-state index in [-0.39, 0.29) is 5.69 Å². The Kier molecular flexibility index (Phi) is 4.33. The van der Waals surface area contributed by atoms with Gasteiger partial charge in [0.05, 0.1) is 0 Å². The number of thiazole rings is 1. The summed E-state index contributed by atoms with van der Waals surface area (Å²) in [7, 11) is 0. The van der Waals surface area contributed by atoms with E-state index in [1.54, 1.807) is 0 Å². The van der Waals surface area contributed by atoms with E-state index in [0.717, 1.165) is 32.1 Å². The molecule has 0 amide bonds. The van der Waals surface area contributed by atoms with Gasteiger partial charge in [0.25, 0.3) is 0 Å². The molecular weight excluding hydrogens is 240 g/mol. The van der Waals surface area contributed by atoms with Crippen LogP contribution in [-0.2, 0) is 4.74 Å². The largest absolute Gasteiger partial charge is 0.476 e. The van der Waals surface area contributed by atoms with Crippen LogP contribution in [0.15, 0.2) is 5.38 Å². The van der Waals surface area contributed by atoms with E-state index in [1.165, 1.54) is 29.6 Å². The minimum atomic E-state index is -0.984. The molecule has 1 saturated carbocycles. The van der Waals surface area contributed by atoms with E-state index in [2.05, 4.69) is 10.3 Å². The van der Waals surface area contributed by atoms with Crippen LogP contribution in [-0.4, -0.2) is 35.8 Å². The molecule has 6 heteroatoms. The first kappa shape index (κ1) is 12.3. The summed E-state index contributed by atoms with van der Waals surface area (Å²) in [6.07, 6.45) is 3.54. The predicted octanol–water partition coefficient (Wildman–Crippen LogP) is 2.07. The van der Waals surface area contributed by atoms with Crippen LogP contribution in [0.5, 0.6) is 0 Å². The lowest BCUT2D eigenvalue weighted by atomic mass is 10.4. The highest BCUT2D eigenvalue weighted by Gasteiger charge is 2.20. The molecule has 17 heavy (non-hydrogen) atoms. The zero-order valence-electron chi connectivity index (χ0n) is 9.52. The molecule has 1 aromatic rings. The quantitative estimate of drug-likeness (QED) is 0.697. The number of aromatic nitrogens is 1. The fraction of sp³-hybridized carbons (Fsp3) is 0.636. The van der Waals surface area contributed by atoms with Crippen LogP contribution >= 0.6 is 11.3 Å². The van der Waals surface area contributed by atoms with Crippen LogP contribution in [0.1, 0.15) is 29.8 Å². The predicted molar refractivity (Wildman–Crippen MR) is 65.7 cm³/mol. The molecule has 1 aromatic heterocycles. The van der Waals surface area contributed by atoms with Gasteiger partial charge < -0.3 is 15.2 Å². The maximum Gasteiger partial charge on any atom is 0.355 e. The van der Waals surface area contributed by atoms with Crippen molar-refractivity contribution in [2.24, 2.45) is 5.92 Å². The SMILES string of the molecule is O=C(O)c1csc(NCCCOCC2CC2)n1. The lowest BCUT2D eigenvalue weighted by Gasteiger charge is -2.03. The Morgan fingerprint density at radius 1 is 1.65 bits per heavy atom. The number of carboxylic acids is 1. The first-order valence-electron chi connectivity index (χ1n) is 5.76. The number of nitrogens with zero attached hydrogens (tertiary/aromatic N) is 1. The smallest absolute Gasteiger partial charge is 0.355 e. The van der Waals surface area contributed by atoms with E-state index in [1.807, 2.05) is 0 Å². The number of carboxylic acid groups (broad SMARTS) is 1. The molecule has 0 aromatic carbocycles. The van der Waals surface area contributed by atoms with Gasteiger partial charge in [-0.05, 0) is 25.2 Å². The second-order valence-electron chi connectivity index (χ2n) is 4.14. The van der Waals surface area contributed by atoms with E-state index >= 15 is 0 Å². The molecule has 0 atom stereocenters. The normalized spacial score (nSPS) is 14.8. The second kappa shape index (κ2) is 5.97. The molecule has 5 nitrogen and oxygen atoms in total. The van der Waals surface area contributed by atoms with Gasteiger partial charge in [0.1, 0.15) is 0 Å². The van der Waals surface area contributed by atoms with Gasteiger partial charge in [0.2, 0.25) is 0 Å². The van der Waals surface area contributed by atoms with E-state index < -0.39 is 5.97 Å². The van der Waals surface area contributed by atoms with Gasteiger partial charge in [-0.15, -0.1) is 11.3 Å². The van der Waals surface area contributed by atoms with Gasteiger partial charge >= 0.3 is 5.97 Å². The molecule has 94 valence electrons. The summed E-state index contributed by atoms with van der Waals surface area (Å²) in [5.74, 6) is -0.179. The summed E-state index contributed by atoms with van der Waals surface area (Å²) in [6.45, 7) is 2.40. The molecule has 2 N–H and O–H groups in total. The van der Waals surface area contributed by atoms with Crippen LogP contribution in [0.25, 0.3) is 0 Å². The fourth-order valence-corrected chi connectivity index (χ4v) is 2.07. The Morgan fingerprint density at radius 2 is 2.47 bits per heavy atom. The lowest BCUT2D eigenvalue weighted by molar-refractivity contribution is 0.0691. The molecule has 1 heterocycles. The number of anilines is 1. The number of carbonyl (C=O) groups is 1. The molecule has 0 unspecified atom stereocenters. The van der Waals surface area contributed by atoms with Crippen molar-refractivity contribution in [2.75, 3.05) is 25.1 Å². The van der Waals surface area contributed by atoms with E-state index in [4.69, 9.17) is 9.84 Å². The Hall–Kier alpha value is -1.14. The van der Waals surface area contributed by atoms with Gasteiger partial charge in [0, 0.05) is 25.1 Å². The Balaban J connectivity index is 1.55. The van der Waals surface area contributed by atoms with Crippen LogP contribution in [0.3, 0.4) is 0 Å².